The summed E-state index contributed by atoms with van der Waals surface area (Å²) in [6.07, 6.45) is 0. The number of aliphatic hydroxyl groups excluding tert-OH is 1. The molecule has 0 amide bonds. The number of hydrogen-bond donors (Lipinski definition) is 1. The van der Waals surface area contributed by atoms with Crippen LogP contribution in [0, 0.1) is 24.6 Å². The second-order valence-corrected chi connectivity index (χ2v) is 6.34. The maximum Gasteiger partial charge on any atom is 0.134 e. The zero-order chi connectivity index (χ0) is 15.7. The van der Waals surface area contributed by atoms with Crippen LogP contribution in [-0.2, 0) is 6.54 Å². The van der Waals surface area contributed by atoms with Crippen molar-refractivity contribution in [1.29, 1.82) is 0 Å². The summed E-state index contributed by atoms with van der Waals surface area (Å²) in [4.78, 5) is 2.31. The molecule has 1 N–H and O–H groups in total. The molecule has 1 aliphatic heterocycles. The van der Waals surface area contributed by atoms with Gasteiger partial charge >= 0.3 is 0 Å². The van der Waals surface area contributed by atoms with E-state index in [0.717, 1.165) is 42.3 Å². The number of halogens is 1. The summed E-state index contributed by atoms with van der Waals surface area (Å²) in [6.45, 7) is 6.95. The van der Waals surface area contributed by atoms with Crippen LogP contribution in [0.2, 0.25) is 0 Å². The van der Waals surface area contributed by atoms with Crippen LogP contribution in [0.3, 0.4) is 0 Å². The van der Waals surface area contributed by atoms with Crippen molar-refractivity contribution in [1.82, 2.24) is 4.90 Å². The predicted molar refractivity (Wildman–Crippen MR) is 83.9 cm³/mol. The molecule has 1 aliphatic rings. The van der Waals surface area contributed by atoms with Gasteiger partial charge in [-0.2, -0.15) is 0 Å². The summed E-state index contributed by atoms with van der Waals surface area (Å²) in [5.74, 6) is 2.32. The molecule has 2 heterocycles. The first kappa shape index (κ1) is 15.3. The Morgan fingerprint density at radius 3 is 2.77 bits per heavy atom. The third kappa shape index (κ3) is 3.08. The van der Waals surface area contributed by atoms with E-state index < -0.39 is 0 Å². The van der Waals surface area contributed by atoms with Gasteiger partial charge in [-0.25, -0.2) is 4.39 Å². The molecule has 3 nitrogen and oxygen atoms in total. The van der Waals surface area contributed by atoms with Crippen LogP contribution in [0.1, 0.15) is 18.2 Å². The van der Waals surface area contributed by atoms with Gasteiger partial charge in [-0.3, -0.25) is 4.90 Å². The number of furan rings is 1. The Bertz CT molecular complexity index is 652. The number of rotatable bonds is 4. The average Bonchev–Trinajstić information content (AvgIpc) is 3.06. The van der Waals surface area contributed by atoms with Crippen molar-refractivity contribution in [2.75, 3.05) is 19.7 Å². The van der Waals surface area contributed by atoms with Crippen molar-refractivity contribution in [3.63, 3.8) is 0 Å². The second kappa shape index (κ2) is 6.23. The smallest absolute Gasteiger partial charge is 0.134 e. The van der Waals surface area contributed by atoms with Crippen molar-refractivity contribution < 1.29 is 13.9 Å². The molecule has 1 fully saturated rings. The van der Waals surface area contributed by atoms with E-state index in [1.807, 2.05) is 19.1 Å². The summed E-state index contributed by atoms with van der Waals surface area (Å²) in [5, 5.41) is 9.35. The Labute approximate surface area is 130 Å². The van der Waals surface area contributed by atoms with E-state index in [2.05, 4.69) is 11.8 Å². The number of nitrogens with zero attached hydrogens (tertiary/aromatic N) is 1. The molecule has 2 aromatic rings. The van der Waals surface area contributed by atoms with E-state index in [1.54, 1.807) is 6.07 Å². The lowest BCUT2D eigenvalue weighted by Gasteiger charge is -2.13. The molecule has 0 bridgehead atoms. The highest BCUT2D eigenvalue weighted by Gasteiger charge is 2.29. The molecule has 1 aromatic carbocycles. The Kier molecular flexibility index (Phi) is 4.32. The molecular formula is C18H22FNO2. The highest BCUT2D eigenvalue weighted by molar-refractivity contribution is 5.62. The minimum absolute atomic E-state index is 0.228. The molecule has 0 aliphatic carbocycles. The predicted octanol–water partition coefficient (Wildman–Crippen LogP) is 3.45. The summed E-state index contributed by atoms with van der Waals surface area (Å²) >= 11 is 0. The van der Waals surface area contributed by atoms with Crippen LogP contribution in [0.15, 0.2) is 34.7 Å². The first-order valence-electron chi connectivity index (χ1n) is 7.75. The zero-order valence-corrected chi connectivity index (χ0v) is 13.1. The second-order valence-electron chi connectivity index (χ2n) is 6.34. The van der Waals surface area contributed by atoms with E-state index in [0.29, 0.717) is 11.8 Å². The van der Waals surface area contributed by atoms with Crippen molar-refractivity contribution in [3.8, 4) is 11.3 Å². The largest absolute Gasteiger partial charge is 0.460 e. The number of aliphatic hydroxyl groups is 1. The Morgan fingerprint density at radius 1 is 1.27 bits per heavy atom. The minimum Gasteiger partial charge on any atom is -0.460 e. The van der Waals surface area contributed by atoms with Gasteiger partial charge < -0.3 is 9.52 Å². The van der Waals surface area contributed by atoms with Crippen molar-refractivity contribution >= 4 is 0 Å². The number of benzene rings is 1. The first-order valence-corrected chi connectivity index (χ1v) is 7.75. The van der Waals surface area contributed by atoms with Gasteiger partial charge in [0.1, 0.15) is 17.3 Å². The zero-order valence-electron chi connectivity index (χ0n) is 13.1. The molecule has 0 saturated carbocycles. The molecular weight excluding hydrogens is 281 g/mol. The molecule has 3 rings (SSSR count). The van der Waals surface area contributed by atoms with Crippen molar-refractivity contribution in [3.05, 3.63) is 47.5 Å². The summed E-state index contributed by atoms with van der Waals surface area (Å²) in [5.41, 5.74) is 1.80. The van der Waals surface area contributed by atoms with Gasteiger partial charge in [0, 0.05) is 25.3 Å². The van der Waals surface area contributed by atoms with Crippen LogP contribution in [-0.4, -0.2) is 29.7 Å². The van der Waals surface area contributed by atoms with Gasteiger partial charge in [-0.15, -0.1) is 0 Å². The van der Waals surface area contributed by atoms with Crippen LogP contribution >= 0.6 is 0 Å². The lowest BCUT2D eigenvalue weighted by molar-refractivity contribution is 0.203. The molecule has 0 spiro atoms. The molecule has 4 heteroatoms. The van der Waals surface area contributed by atoms with Crippen molar-refractivity contribution in [2.45, 2.75) is 20.4 Å². The summed E-state index contributed by atoms with van der Waals surface area (Å²) in [7, 11) is 0. The van der Waals surface area contributed by atoms with Crippen LogP contribution in [0.5, 0.6) is 0 Å². The van der Waals surface area contributed by atoms with Crippen LogP contribution < -0.4 is 0 Å². The first-order chi connectivity index (χ1) is 10.6. The lowest BCUT2D eigenvalue weighted by Crippen LogP contribution is -2.20. The summed E-state index contributed by atoms with van der Waals surface area (Å²) in [6, 6.07) is 8.66. The Hall–Kier alpha value is -1.65. The van der Waals surface area contributed by atoms with E-state index in [-0.39, 0.29) is 12.4 Å². The van der Waals surface area contributed by atoms with E-state index in [1.165, 1.54) is 12.1 Å². The molecule has 1 aromatic heterocycles. The molecule has 0 unspecified atom stereocenters. The van der Waals surface area contributed by atoms with Gasteiger partial charge in [-0.1, -0.05) is 6.92 Å². The number of aryl methyl sites for hydroxylation is 1. The fourth-order valence-corrected chi connectivity index (χ4v) is 3.24. The van der Waals surface area contributed by atoms with E-state index in [9.17, 15) is 9.50 Å². The third-order valence-corrected chi connectivity index (χ3v) is 4.57. The normalized spacial score (nSPS) is 22.4. The topological polar surface area (TPSA) is 36.6 Å². The summed E-state index contributed by atoms with van der Waals surface area (Å²) < 4.78 is 19.1. The van der Waals surface area contributed by atoms with Gasteiger partial charge in [-0.05, 0) is 54.7 Å². The quantitative estimate of drug-likeness (QED) is 0.940. The number of hydrogen-bond acceptors (Lipinski definition) is 3. The van der Waals surface area contributed by atoms with Crippen molar-refractivity contribution in [2.24, 2.45) is 11.8 Å². The molecule has 0 radical (unpaired) electrons. The van der Waals surface area contributed by atoms with Crippen LogP contribution in [0.4, 0.5) is 4.39 Å². The maximum atomic E-state index is 13.2. The highest BCUT2D eigenvalue weighted by Crippen LogP contribution is 2.28. The SMILES string of the molecule is Cc1cc(F)ccc1-c1ccc(CN2C[C@@H](CO)[C@H](C)C2)o1. The van der Waals surface area contributed by atoms with Gasteiger partial charge in [0.2, 0.25) is 0 Å². The fourth-order valence-electron chi connectivity index (χ4n) is 3.24. The monoisotopic (exact) mass is 303 g/mol. The van der Waals surface area contributed by atoms with Gasteiger partial charge in [0.05, 0.1) is 6.54 Å². The fraction of sp³-hybridized carbons (Fsp3) is 0.444. The molecule has 1 saturated heterocycles. The minimum atomic E-state index is -0.228. The average molecular weight is 303 g/mol. The Morgan fingerprint density at radius 2 is 2.09 bits per heavy atom. The van der Waals surface area contributed by atoms with Gasteiger partial charge in [0.15, 0.2) is 0 Å². The highest BCUT2D eigenvalue weighted by atomic mass is 19.1. The van der Waals surface area contributed by atoms with Gasteiger partial charge in [0.25, 0.3) is 0 Å². The maximum absolute atomic E-state index is 13.2. The molecule has 22 heavy (non-hydrogen) atoms. The van der Waals surface area contributed by atoms with E-state index in [4.69, 9.17) is 4.42 Å². The molecule has 2 atom stereocenters. The van der Waals surface area contributed by atoms with E-state index >= 15 is 0 Å². The van der Waals surface area contributed by atoms with Crippen LogP contribution in [0.25, 0.3) is 11.3 Å². The third-order valence-electron chi connectivity index (χ3n) is 4.57. The Balaban J connectivity index is 1.72. The number of likely N-dealkylation sites (tertiary alicyclic amines) is 1. The molecule has 118 valence electrons. The standard InChI is InChI=1S/C18H22FNO2/c1-12-7-15(19)3-5-17(12)18-6-4-16(22-18)10-20-8-13(2)14(9-20)11-21/h3-7,13-14,21H,8-11H2,1-2H3/t13-,14+/m1/s1. The lowest BCUT2D eigenvalue weighted by atomic mass is 10.00.